The highest BCUT2D eigenvalue weighted by Gasteiger charge is 2.30. The van der Waals surface area contributed by atoms with Crippen LogP contribution in [0.15, 0.2) is 60.7 Å². The molecule has 1 atom stereocenters. The average Bonchev–Trinajstić information content (AvgIpc) is 2.85. The van der Waals surface area contributed by atoms with Gasteiger partial charge in [-0.25, -0.2) is 0 Å². The van der Waals surface area contributed by atoms with Crippen molar-refractivity contribution in [1.29, 1.82) is 0 Å². The summed E-state index contributed by atoms with van der Waals surface area (Å²) in [5, 5.41) is 2.18. The van der Waals surface area contributed by atoms with Gasteiger partial charge in [0.05, 0.1) is 5.56 Å². The Balaban J connectivity index is 1.61. The molecule has 0 aromatic heterocycles. The lowest BCUT2D eigenvalue weighted by Crippen LogP contribution is -2.14. The first-order valence-electron chi connectivity index (χ1n) is 12.8. The van der Waals surface area contributed by atoms with Crippen LogP contribution in [0.3, 0.4) is 0 Å². The number of hydrogen-bond donors (Lipinski definition) is 1. The van der Waals surface area contributed by atoms with Crippen molar-refractivity contribution in [1.82, 2.24) is 0 Å². The maximum atomic E-state index is 12.9. The Morgan fingerprint density at radius 2 is 1.40 bits per heavy atom. The van der Waals surface area contributed by atoms with Crippen LogP contribution in [0.25, 0.3) is 10.8 Å². The van der Waals surface area contributed by atoms with Gasteiger partial charge in [-0.3, -0.25) is 0 Å². The van der Waals surface area contributed by atoms with Crippen LogP contribution in [0.2, 0.25) is 0 Å². The molecule has 0 aliphatic rings. The lowest BCUT2D eigenvalue weighted by Gasteiger charge is -2.16. The Kier molecular flexibility index (Phi) is 10.2. The van der Waals surface area contributed by atoms with Crippen LogP contribution in [0.5, 0.6) is 0 Å². The number of hydrogen-bond acceptors (Lipinski definition) is 1. The summed E-state index contributed by atoms with van der Waals surface area (Å²) in [7, 11) is 0. The Morgan fingerprint density at radius 3 is 2.06 bits per heavy atom. The van der Waals surface area contributed by atoms with Crippen molar-refractivity contribution in [3.8, 4) is 11.8 Å². The van der Waals surface area contributed by atoms with Crippen LogP contribution in [0.1, 0.15) is 93.0 Å². The van der Waals surface area contributed by atoms with Gasteiger partial charge in [0.15, 0.2) is 0 Å². The summed E-state index contributed by atoms with van der Waals surface area (Å²) in [6.45, 7) is 2.24. The lowest BCUT2D eigenvalue weighted by atomic mass is 9.93. The molecule has 3 aromatic carbocycles. The largest absolute Gasteiger partial charge is 0.416 e. The zero-order valence-electron chi connectivity index (χ0n) is 20.6. The van der Waals surface area contributed by atoms with Crippen molar-refractivity contribution in [2.45, 2.75) is 83.4 Å². The second-order valence-corrected chi connectivity index (χ2v) is 9.27. The molecule has 186 valence electrons. The fraction of sp³-hybridized carbons (Fsp3) is 0.419. The molecule has 0 saturated heterocycles. The van der Waals surface area contributed by atoms with E-state index in [1.807, 2.05) is 24.3 Å². The van der Waals surface area contributed by atoms with Gasteiger partial charge in [0.2, 0.25) is 0 Å². The SMILES string of the molecule is CCCCCCCCCCC#Cc1ccc(CC(N)c2ccc(C(F)(F)F)cc2)c2ccccc12. The number of fused-ring (bicyclic) bond motifs is 1. The minimum atomic E-state index is -4.34. The van der Waals surface area contributed by atoms with Crippen LogP contribution in [-0.4, -0.2) is 0 Å². The summed E-state index contributed by atoms with van der Waals surface area (Å²) >= 11 is 0. The van der Waals surface area contributed by atoms with Crippen LogP contribution in [0, 0.1) is 11.8 Å². The van der Waals surface area contributed by atoms with Gasteiger partial charge in [0.1, 0.15) is 0 Å². The predicted molar refractivity (Wildman–Crippen MR) is 140 cm³/mol. The van der Waals surface area contributed by atoms with E-state index in [9.17, 15) is 13.2 Å². The van der Waals surface area contributed by atoms with Gasteiger partial charge < -0.3 is 5.73 Å². The zero-order valence-corrected chi connectivity index (χ0v) is 20.6. The minimum Gasteiger partial charge on any atom is -0.324 e. The van der Waals surface area contributed by atoms with Crippen LogP contribution in [-0.2, 0) is 12.6 Å². The van der Waals surface area contributed by atoms with Gasteiger partial charge in [-0.2, -0.15) is 13.2 Å². The van der Waals surface area contributed by atoms with E-state index in [2.05, 4.69) is 30.9 Å². The topological polar surface area (TPSA) is 26.0 Å². The fourth-order valence-corrected chi connectivity index (χ4v) is 4.43. The number of rotatable bonds is 11. The molecule has 4 heteroatoms. The molecule has 0 aliphatic heterocycles. The molecule has 3 rings (SSSR count). The number of alkyl halides is 3. The van der Waals surface area contributed by atoms with E-state index in [-0.39, 0.29) is 6.04 Å². The maximum Gasteiger partial charge on any atom is 0.416 e. The third-order valence-corrected chi connectivity index (χ3v) is 6.50. The molecule has 0 fully saturated rings. The highest BCUT2D eigenvalue weighted by molar-refractivity contribution is 5.91. The molecular formula is C31H36F3N. The average molecular weight is 480 g/mol. The Hall–Kier alpha value is -2.77. The standard InChI is InChI=1S/C31H36F3N/c1-2-3-4-5-6-7-8-9-10-11-14-24-17-18-26(29-16-13-12-15-28(24)29)23-30(35)25-19-21-27(22-20-25)31(32,33)34/h12-13,15-22,30H,2-10,23,35H2,1H3. The van der Waals surface area contributed by atoms with Crippen molar-refractivity contribution >= 4 is 10.8 Å². The van der Waals surface area contributed by atoms with Gasteiger partial charge in [-0.15, -0.1) is 0 Å². The van der Waals surface area contributed by atoms with Crippen LogP contribution < -0.4 is 5.73 Å². The first-order chi connectivity index (χ1) is 16.9. The molecule has 0 radical (unpaired) electrons. The quantitative estimate of drug-likeness (QED) is 0.215. The summed E-state index contributed by atoms with van der Waals surface area (Å²) in [6.07, 6.45) is 7.44. The number of halogens is 3. The molecule has 0 heterocycles. The minimum absolute atomic E-state index is 0.389. The third kappa shape index (κ3) is 8.15. The summed E-state index contributed by atoms with van der Waals surface area (Å²) in [5.74, 6) is 6.69. The zero-order chi connectivity index (χ0) is 25.1. The molecule has 1 nitrogen and oxygen atoms in total. The van der Waals surface area contributed by atoms with E-state index in [1.54, 1.807) is 0 Å². The lowest BCUT2D eigenvalue weighted by molar-refractivity contribution is -0.137. The Labute approximate surface area is 207 Å². The van der Waals surface area contributed by atoms with Gasteiger partial charge in [0, 0.05) is 18.0 Å². The molecule has 0 amide bonds. The Bertz CT molecular complexity index is 1120. The number of unbranched alkanes of at least 4 members (excludes halogenated alkanes) is 8. The monoisotopic (exact) mass is 479 g/mol. The van der Waals surface area contributed by atoms with E-state index < -0.39 is 11.7 Å². The molecule has 35 heavy (non-hydrogen) atoms. The van der Waals surface area contributed by atoms with E-state index in [0.29, 0.717) is 12.0 Å². The van der Waals surface area contributed by atoms with E-state index in [0.717, 1.165) is 46.9 Å². The van der Waals surface area contributed by atoms with Crippen molar-refractivity contribution in [2.75, 3.05) is 0 Å². The second kappa shape index (κ2) is 13.4. The summed E-state index contributed by atoms with van der Waals surface area (Å²) < 4.78 is 38.6. The van der Waals surface area contributed by atoms with Crippen molar-refractivity contribution in [3.05, 3.63) is 82.9 Å². The van der Waals surface area contributed by atoms with E-state index >= 15 is 0 Å². The fourth-order valence-electron chi connectivity index (χ4n) is 4.43. The molecule has 3 aromatic rings. The first kappa shape index (κ1) is 26.8. The molecule has 1 unspecified atom stereocenters. The van der Waals surface area contributed by atoms with Crippen LogP contribution in [0.4, 0.5) is 13.2 Å². The summed E-state index contributed by atoms with van der Waals surface area (Å²) in [6, 6.07) is 17.0. The second-order valence-electron chi connectivity index (χ2n) is 9.27. The summed E-state index contributed by atoms with van der Waals surface area (Å²) in [4.78, 5) is 0. The van der Waals surface area contributed by atoms with Gasteiger partial charge in [-0.05, 0) is 52.9 Å². The molecule has 0 spiro atoms. The normalized spacial score (nSPS) is 12.4. The maximum absolute atomic E-state index is 12.9. The van der Waals surface area contributed by atoms with Gasteiger partial charge in [0.25, 0.3) is 0 Å². The van der Waals surface area contributed by atoms with E-state index in [4.69, 9.17) is 5.73 Å². The molecular weight excluding hydrogens is 443 g/mol. The van der Waals surface area contributed by atoms with Crippen molar-refractivity contribution in [2.24, 2.45) is 5.73 Å². The third-order valence-electron chi connectivity index (χ3n) is 6.50. The van der Waals surface area contributed by atoms with Gasteiger partial charge >= 0.3 is 6.18 Å². The molecule has 2 N–H and O–H groups in total. The molecule has 0 bridgehead atoms. The van der Waals surface area contributed by atoms with Crippen molar-refractivity contribution < 1.29 is 13.2 Å². The van der Waals surface area contributed by atoms with Crippen molar-refractivity contribution in [3.63, 3.8) is 0 Å². The molecule has 0 saturated carbocycles. The highest BCUT2D eigenvalue weighted by Crippen LogP contribution is 2.31. The summed E-state index contributed by atoms with van der Waals surface area (Å²) in [5.41, 5.74) is 8.49. The molecule has 0 aliphatic carbocycles. The van der Waals surface area contributed by atoms with Crippen LogP contribution >= 0.6 is 0 Å². The Morgan fingerprint density at radius 1 is 0.771 bits per heavy atom. The van der Waals surface area contributed by atoms with E-state index in [1.165, 1.54) is 57.1 Å². The number of benzene rings is 3. The number of nitrogens with two attached hydrogens (primary N) is 1. The first-order valence-corrected chi connectivity index (χ1v) is 12.8. The smallest absolute Gasteiger partial charge is 0.324 e. The highest BCUT2D eigenvalue weighted by atomic mass is 19.4. The predicted octanol–water partition coefficient (Wildman–Crippen LogP) is 8.98. The van der Waals surface area contributed by atoms with Gasteiger partial charge in [-0.1, -0.05) is 106 Å².